The van der Waals surface area contributed by atoms with Gasteiger partial charge in [0, 0.05) is 12.8 Å². The van der Waals surface area contributed by atoms with Gasteiger partial charge in [0.15, 0.2) is 6.10 Å². The zero-order valence-electron chi connectivity index (χ0n) is 49.3. The third-order valence-corrected chi connectivity index (χ3v) is 12.4. The van der Waals surface area contributed by atoms with E-state index in [0.717, 1.165) is 141 Å². The van der Waals surface area contributed by atoms with E-state index >= 15 is 0 Å². The summed E-state index contributed by atoms with van der Waals surface area (Å²) in [6.07, 6.45) is 88.2. The molecule has 0 aromatic rings. The van der Waals surface area contributed by atoms with E-state index in [1.54, 1.807) is 0 Å². The standard InChI is InChI=1S/C68H106NO8P/c1-6-8-10-12-14-16-18-20-22-24-26-27-28-29-30-31-32-33-34-35-36-37-38-39-40-41-43-45-47-49-51-53-55-57-59-61-68(71)77-66(65-76-78(72,73)75-63-62-69(3,4)5)64-74-67(70)60-58-56-54-52-50-48-46-44-42-25-23-21-19-17-15-13-11-9-7-2/h8-11,14-17,20-23,26-27,29-30,32-33,35-36,38-39,41-44,47-50,66H,6-7,12-13,18-19,24-25,28,31,34,37,40,45-46,51-65H2,1-5H3/p+1/b10-8-,11-9-,16-14-,17-15-,22-20-,23-21-,27-26-,30-29-,33-32-,36-35-,39-38-,43-41-,44-42-,49-47-,50-48-. The number of allylic oxidation sites excluding steroid dienone is 30. The molecule has 0 aliphatic rings. The molecule has 0 heterocycles. The first kappa shape index (κ1) is 73.1. The van der Waals surface area contributed by atoms with Crippen molar-refractivity contribution in [3.05, 3.63) is 182 Å². The lowest BCUT2D eigenvalue weighted by Crippen LogP contribution is -2.37. The summed E-state index contributed by atoms with van der Waals surface area (Å²) in [5, 5.41) is 0. The van der Waals surface area contributed by atoms with Crippen LogP contribution in [0.4, 0.5) is 0 Å². The Labute approximate surface area is 476 Å². The van der Waals surface area contributed by atoms with Gasteiger partial charge in [-0.1, -0.05) is 215 Å². The van der Waals surface area contributed by atoms with Gasteiger partial charge in [-0.25, -0.2) is 4.57 Å². The number of phosphoric ester groups is 1. The Balaban J connectivity index is 4.32. The second-order valence-corrected chi connectivity index (χ2v) is 21.4. The number of hydrogen-bond donors (Lipinski definition) is 1. The van der Waals surface area contributed by atoms with Gasteiger partial charge >= 0.3 is 19.8 Å². The van der Waals surface area contributed by atoms with Gasteiger partial charge < -0.3 is 18.9 Å². The van der Waals surface area contributed by atoms with Gasteiger partial charge in [0.05, 0.1) is 27.7 Å². The van der Waals surface area contributed by atoms with Crippen LogP contribution in [-0.2, 0) is 32.7 Å². The number of phosphoric acid groups is 1. The van der Waals surface area contributed by atoms with Crippen LogP contribution >= 0.6 is 7.82 Å². The molecule has 0 amide bonds. The maximum absolute atomic E-state index is 12.8. The van der Waals surface area contributed by atoms with Gasteiger partial charge in [0.1, 0.15) is 19.8 Å². The lowest BCUT2D eigenvalue weighted by atomic mass is 10.1. The number of nitrogens with zero attached hydrogens (tertiary/aromatic N) is 1. The maximum atomic E-state index is 12.8. The Hall–Kier alpha value is -4.89. The quantitative estimate of drug-likeness (QED) is 0.0211. The van der Waals surface area contributed by atoms with Crippen LogP contribution in [0, 0.1) is 0 Å². The largest absolute Gasteiger partial charge is 0.472 e. The van der Waals surface area contributed by atoms with Crippen LogP contribution < -0.4 is 0 Å². The van der Waals surface area contributed by atoms with Crippen molar-refractivity contribution in [2.75, 3.05) is 47.5 Å². The summed E-state index contributed by atoms with van der Waals surface area (Å²) in [5.41, 5.74) is 0. The lowest BCUT2D eigenvalue weighted by Gasteiger charge is -2.24. The minimum absolute atomic E-state index is 0.00917. The summed E-state index contributed by atoms with van der Waals surface area (Å²) in [6, 6.07) is 0. The fraction of sp³-hybridized carbons (Fsp3) is 0.529. The highest BCUT2D eigenvalue weighted by molar-refractivity contribution is 7.47. The maximum Gasteiger partial charge on any atom is 0.472 e. The predicted octanol–water partition coefficient (Wildman–Crippen LogP) is 18.8. The lowest BCUT2D eigenvalue weighted by molar-refractivity contribution is -0.870. The Morgan fingerprint density at radius 3 is 1.03 bits per heavy atom. The van der Waals surface area contributed by atoms with Crippen LogP contribution in [0.2, 0.25) is 0 Å². The van der Waals surface area contributed by atoms with E-state index in [0.29, 0.717) is 23.9 Å². The van der Waals surface area contributed by atoms with Crippen LogP contribution in [-0.4, -0.2) is 74.9 Å². The van der Waals surface area contributed by atoms with Crippen molar-refractivity contribution in [3.8, 4) is 0 Å². The molecule has 436 valence electrons. The number of rotatable bonds is 51. The van der Waals surface area contributed by atoms with Gasteiger partial charge in [-0.05, 0) is 135 Å². The molecular formula is C68H107NO8P+. The van der Waals surface area contributed by atoms with Gasteiger partial charge in [-0.15, -0.1) is 0 Å². The average Bonchev–Trinajstić information content (AvgIpc) is 3.41. The van der Waals surface area contributed by atoms with Crippen molar-refractivity contribution in [2.24, 2.45) is 0 Å². The molecule has 9 nitrogen and oxygen atoms in total. The fourth-order valence-corrected chi connectivity index (χ4v) is 7.69. The summed E-state index contributed by atoms with van der Waals surface area (Å²) < 4.78 is 34.5. The molecule has 2 unspecified atom stereocenters. The van der Waals surface area contributed by atoms with Crippen LogP contribution in [0.3, 0.4) is 0 Å². The van der Waals surface area contributed by atoms with Crippen molar-refractivity contribution in [1.82, 2.24) is 0 Å². The highest BCUT2D eigenvalue weighted by atomic mass is 31.2. The van der Waals surface area contributed by atoms with E-state index in [-0.39, 0.29) is 26.1 Å². The van der Waals surface area contributed by atoms with Crippen LogP contribution in [0.1, 0.15) is 181 Å². The number of unbranched alkanes of at least 4 members (excludes halogenated alkanes) is 7. The summed E-state index contributed by atoms with van der Waals surface area (Å²) in [4.78, 5) is 35.7. The van der Waals surface area contributed by atoms with E-state index in [2.05, 4.69) is 196 Å². The molecule has 0 aliphatic carbocycles. The molecule has 0 saturated carbocycles. The van der Waals surface area contributed by atoms with Crippen molar-refractivity contribution in [1.29, 1.82) is 0 Å². The van der Waals surface area contributed by atoms with E-state index < -0.39 is 32.5 Å². The van der Waals surface area contributed by atoms with E-state index in [1.165, 1.54) is 0 Å². The Bertz CT molecular complexity index is 1970. The Morgan fingerprint density at radius 1 is 0.397 bits per heavy atom. The van der Waals surface area contributed by atoms with Gasteiger partial charge in [-0.3, -0.25) is 18.6 Å². The van der Waals surface area contributed by atoms with Gasteiger partial charge in [0.25, 0.3) is 0 Å². The molecule has 0 aromatic heterocycles. The normalized spacial score (nSPS) is 14.6. The fourth-order valence-electron chi connectivity index (χ4n) is 6.95. The topological polar surface area (TPSA) is 108 Å². The molecule has 1 N–H and O–H groups in total. The molecule has 0 saturated heterocycles. The third kappa shape index (κ3) is 60.3. The van der Waals surface area contributed by atoms with Gasteiger partial charge in [-0.2, -0.15) is 0 Å². The molecule has 78 heavy (non-hydrogen) atoms. The monoisotopic (exact) mass is 1100 g/mol. The summed E-state index contributed by atoms with van der Waals surface area (Å²) in [5.74, 6) is -0.883. The molecule has 0 radical (unpaired) electrons. The molecule has 0 bridgehead atoms. The minimum Gasteiger partial charge on any atom is -0.462 e. The zero-order valence-corrected chi connectivity index (χ0v) is 50.2. The molecular weight excluding hydrogens is 990 g/mol. The number of carbonyl (C=O) groups is 2. The van der Waals surface area contributed by atoms with E-state index in [4.69, 9.17) is 18.5 Å². The smallest absolute Gasteiger partial charge is 0.462 e. The highest BCUT2D eigenvalue weighted by Crippen LogP contribution is 2.43. The Kier molecular flexibility index (Phi) is 53.3. The molecule has 0 fully saturated rings. The first-order valence-electron chi connectivity index (χ1n) is 29.5. The molecule has 0 aliphatic heterocycles. The summed E-state index contributed by atoms with van der Waals surface area (Å²) in [7, 11) is 1.41. The molecule has 2 atom stereocenters. The Morgan fingerprint density at radius 2 is 0.692 bits per heavy atom. The second kappa shape index (κ2) is 56.8. The number of carbonyl (C=O) groups excluding carboxylic acids is 2. The first-order chi connectivity index (χ1) is 38.0. The average molecular weight is 1100 g/mol. The minimum atomic E-state index is -4.42. The van der Waals surface area contributed by atoms with Crippen molar-refractivity contribution in [2.45, 2.75) is 187 Å². The number of quaternary nitrogens is 1. The summed E-state index contributed by atoms with van der Waals surface area (Å²) in [6.45, 7) is 4.09. The molecule has 10 heteroatoms. The first-order valence-corrected chi connectivity index (χ1v) is 31.0. The van der Waals surface area contributed by atoms with Crippen LogP contribution in [0.25, 0.3) is 0 Å². The number of esters is 2. The molecule has 0 rings (SSSR count). The van der Waals surface area contributed by atoms with Crippen molar-refractivity contribution < 1.29 is 42.1 Å². The second-order valence-electron chi connectivity index (χ2n) is 19.9. The number of hydrogen-bond acceptors (Lipinski definition) is 7. The van der Waals surface area contributed by atoms with Crippen LogP contribution in [0.15, 0.2) is 182 Å². The van der Waals surface area contributed by atoms with Crippen LogP contribution in [0.5, 0.6) is 0 Å². The van der Waals surface area contributed by atoms with Crippen molar-refractivity contribution in [3.63, 3.8) is 0 Å². The number of ether oxygens (including phenoxy) is 2. The molecule has 0 spiro atoms. The third-order valence-electron chi connectivity index (χ3n) is 11.4. The summed E-state index contributed by atoms with van der Waals surface area (Å²) >= 11 is 0. The van der Waals surface area contributed by atoms with Gasteiger partial charge in [0.2, 0.25) is 0 Å². The SMILES string of the molecule is CC/C=C\C/C=C\C/C=C\C/C=C\C/C=C\C/C=C\C/C=C\C/C=C\C/C=C\C/C=C\CCCCCCC(=O)OC(COC(=O)CCCCC/C=C\C/C=C\C/C=C\C/C=C\C/C=C\CC)COP(=O)(O)OCC[N+](C)(C)C. The molecule has 0 aromatic carbocycles. The predicted molar refractivity (Wildman–Crippen MR) is 334 cm³/mol. The van der Waals surface area contributed by atoms with E-state index in [1.807, 2.05) is 21.1 Å². The van der Waals surface area contributed by atoms with Crippen molar-refractivity contribution >= 4 is 19.8 Å². The number of likely N-dealkylation sites (N-methyl/N-ethyl adjacent to an activating group) is 1. The van der Waals surface area contributed by atoms with E-state index in [9.17, 15) is 19.0 Å². The zero-order chi connectivity index (χ0) is 57.0. The highest BCUT2D eigenvalue weighted by Gasteiger charge is 2.27.